The summed E-state index contributed by atoms with van der Waals surface area (Å²) >= 11 is 2.87. The van der Waals surface area contributed by atoms with Gasteiger partial charge in [0, 0.05) is 21.9 Å². The number of halogens is 2. The Morgan fingerprint density at radius 2 is 2.10 bits per heavy atom. The smallest absolute Gasteiger partial charge is 0.203 e. The molecule has 0 radical (unpaired) electrons. The fourth-order valence-electron chi connectivity index (χ4n) is 1.66. The molecule has 21 heavy (non-hydrogen) atoms. The molecule has 0 unspecified atom stereocenters. The van der Waals surface area contributed by atoms with Crippen LogP contribution >= 0.6 is 22.7 Å². The van der Waals surface area contributed by atoms with Gasteiger partial charge in [-0.15, -0.1) is 22.7 Å². The molecule has 0 aliphatic rings. The molecule has 3 rings (SSSR count). The van der Waals surface area contributed by atoms with Crippen molar-refractivity contribution in [3.05, 3.63) is 57.6 Å². The van der Waals surface area contributed by atoms with Gasteiger partial charge in [-0.3, -0.25) is 5.43 Å². The van der Waals surface area contributed by atoms with Crippen molar-refractivity contribution in [1.82, 2.24) is 4.98 Å². The van der Waals surface area contributed by atoms with Crippen LogP contribution in [-0.2, 0) is 0 Å². The van der Waals surface area contributed by atoms with E-state index in [9.17, 15) is 8.78 Å². The molecule has 0 amide bonds. The maximum Gasteiger partial charge on any atom is 0.203 e. The van der Waals surface area contributed by atoms with E-state index in [-0.39, 0.29) is 5.56 Å². The molecule has 106 valence electrons. The van der Waals surface area contributed by atoms with Crippen molar-refractivity contribution in [2.24, 2.45) is 5.10 Å². The van der Waals surface area contributed by atoms with Gasteiger partial charge in [0.05, 0.1) is 11.9 Å². The van der Waals surface area contributed by atoms with E-state index in [4.69, 9.17) is 0 Å². The van der Waals surface area contributed by atoms with Crippen LogP contribution in [0.15, 0.2) is 46.2 Å². The minimum Gasteiger partial charge on any atom is -0.253 e. The lowest BCUT2D eigenvalue weighted by atomic mass is 10.1. The van der Waals surface area contributed by atoms with Crippen molar-refractivity contribution in [1.29, 1.82) is 0 Å². The summed E-state index contributed by atoms with van der Waals surface area (Å²) < 4.78 is 26.5. The number of benzene rings is 1. The highest BCUT2D eigenvalue weighted by atomic mass is 32.1. The predicted molar refractivity (Wildman–Crippen MR) is 83.0 cm³/mol. The highest BCUT2D eigenvalue weighted by molar-refractivity contribution is 7.14. The van der Waals surface area contributed by atoms with Gasteiger partial charge in [0.2, 0.25) is 5.13 Å². The van der Waals surface area contributed by atoms with E-state index in [0.717, 1.165) is 10.9 Å². The second kappa shape index (κ2) is 6.11. The van der Waals surface area contributed by atoms with Crippen LogP contribution in [0.5, 0.6) is 0 Å². The molecule has 2 heterocycles. The van der Waals surface area contributed by atoms with Gasteiger partial charge in [-0.25, -0.2) is 13.8 Å². The van der Waals surface area contributed by atoms with Gasteiger partial charge in [-0.1, -0.05) is 6.07 Å². The van der Waals surface area contributed by atoms with Gasteiger partial charge >= 0.3 is 0 Å². The summed E-state index contributed by atoms with van der Waals surface area (Å²) in [5.41, 5.74) is 3.51. The van der Waals surface area contributed by atoms with Crippen LogP contribution in [0.2, 0.25) is 0 Å². The highest BCUT2D eigenvalue weighted by Gasteiger charge is 2.10. The minimum atomic E-state index is -0.631. The Labute approximate surface area is 127 Å². The molecule has 3 aromatic rings. The monoisotopic (exact) mass is 321 g/mol. The minimum absolute atomic E-state index is 0.267. The zero-order valence-corrected chi connectivity index (χ0v) is 12.2. The Morgan fingerprint density at radius 3 is 2.86 bits per heavy atom. The van der Waals surface area contributed by atoms with Crippen molar-refractivity contribution in [3.63, 3.8) is 0 Å². The zero-order valence-electron chi connectivity index (χ0n) is 10.6. The SMILES string of the molecule is Fc1ccc(-c2csc(N/N=C\c3cccs3)n2)c(F)c1. The van der Waals surface area contributed by atoms with Crippen LogP contribution < -0.4 is 5.43 Å². The van der Waals surface area contributed by atoms with Crippen molar-refractivity contribution in [2.75, 3.05) is 5.43 Å². The second-order valence-electron chi connectivity index (χ2n) is 4.05. The number of hydrazone groups is 1. The van der Waals surface area contributed by atoms with Crippen molar-refractivity contribution in [3.8, 4) is 11.3 Å². The Bertz CT molecular complexity index is 766. The number of thiophene rings is 1. The molecule has 0 fully saturated rings. The Kier molecular flexibility index (Phi) is 4.03. The lowest BCUT2D eigenvalue weighted by Crippen LogP contribution is -1.90. The standard InChI is InChI=1S/C14H9F2N3S2/c15-9-3-4-11(12(16)6-9)13-8-21-14(18-13)19-17-7-10-2-1-5-20-10/h1-8H,(H,18,19)/b17-7-. The molecule has 1 aromatic carbocycles. The van der Waals surface area contributed by atoms with E-state index in [1.807, 2.05) is 17.5 Å². The number of anilines is 1. The van der Waals surface area contributed by atoms with Crippen molar-refractivity contribution in [2.45, 2.75) is 0 Å². The molecular formula is C14H9F2N3S2. The fraction of sp³-hybridized carbons (Fsp3) is 0. The van der Waals surface area contributed by atoms with Gasteiger partial charge in [0.1, 0.15) is 11.6 Å². The molecule has 0 bridgehead atoms. The average Bonchev–Trinajstić information content (AvgIpc) is 3.10. The number of hydrogen-bond acceptors (Lipinski definition) is 5. The summed E-state index contributed by atoms with van der Waals surface area (Å²) in [6.07, 6.45) is 1.68. The van der Waals surface area contributed by atoms with Crippen molar-refractivity contribution >= 4 is 34.0 Å². The van der Waals surface area contributed by atoms with Gasteiger partial charge in [-0.2, -0.15) is 5.10 Å². The lowest BCUT2D eigenvalue weighted by molar-refractivity contribution is 0.585. The fourth-order valence-corrected chi connectivity index (χ4v) is 2.91. The molecule has 0 aliphatic carbocycles. The van der Waals surface area contributed by atoms with Crippen LogP contribution in [0, 0.1) is 11.6 Å². The number of hydrogen-bond donors (Lipinski definition) is 1. The Hall–Kier alpha value is -2.12. The second-order valence-corrected chi connectivity index (χ2v) is 5.88. The molecule has 3 nitrogen and oxygen atoms in total. The normalized spacial score (nSPS) is 11.1. The molecule has 0 aliphatic heterocycles. The van der Waals surface area contributed by atoms with Crippen LogP contribution in [0.25, 0.3) is 11.3 Å². The zero-order chi connectivity index (χ0) is 14.7. The third-order valence-corrected chi connectivity index (χ3v) is 4.16. The number of aromatic nitrogens is 1. The van der Waals surface area contributed by atoms with Gasteiger partial charge < -0.3 is 0 Å². The maximum atomic E-state index is 13.7. The molecule has 0 saturated carbocycles. The Balaban J connectivity index is 1.74. The first-order chi connectivity index (χ1) is 10.2. The molecule has 7 heteroatoms. The summed E-state index contributed by atoms with van der Waals surface area (Å²) in [5, 5.41) is 8.25. The molecule has 0 saturated heterocycles. The third-order valence-electron chi connectivity index (χ3n) is 2.61. The first-order valence-corrected chi connectivity index (χ1v) is 7.72. The topological polar surface area (TPSA) is 37.3 Å². The molecule has 1 N–H and O–H groups in total. The van der Waals surface area contributed by atoms with E-state index in [1.165, 1.54) is 23.5 Å². The number of nitrogens with one attached hydrogen (secondary N) is 1. The van der Waals surface area contributed by atoms with Gasteiger partial charge in [0.25, 0.3) is 0 Å². The highest BCUT2D eigenvalue weighted by Crippen LogP contribution is 2.27. The molecule has 0 atom stereocenters. The first-order valence-electron chi connectivity index (χ1n) is 5.96. The largest absolute Gasteiger partial charge is 0.253 e. The molecular weight excluding hydrogens is 312 g/mol. The summed E-state index contributed by atoms with van der Waals surface area (Å²) in [6.45, 7) is 0. The van der Waals surface area contributed by atoms with Crippen LogP contribution in [0.3, 0.4) is 0 Å². The summed E-state index contributed by atoms with van der Waals surface area (Å²) in [5.74, 6) is -1.24. The van der Waals surface area contributed by atoms with Crippen LogP contribution in [0.1, 0.15) is 4.88 Å². The van der Waals surface area contributed by atoms with E-state index >= 15 is 0 Å². The van der Waals surface area contributed by atoms with E-state index in [2.05, 4.69) is 15.5 Å². The summed E-state index contributed by atoms with van der Waals surface area (Å²) in [6, 6.07) is 7.30. The van der Waals surface area contributed by atoms with Gasteiger partial charge in [-0.05, 0) is 23.6 Å². The Morgan fingerprint density at radius 1 is 1.19 bits per heavy atom. The lowest BCUT2D eigenvalue weighted by Gasteiger charge is -1.98. The van der Waals surface area contributed by atoms with Gasteiger partial charge in [0.15, 0.2) is 0 Å². The van der Waals surface area contributed by atoms with Crippen LogP contribution in [0.4, 0.5) is 13.9 Å². The average molecular weight is 321 g/mol. The number of rotatable bonds is 4. The van der Waals surface area contributed by atoms with E-state index in [1.54, 1.807) is 22.9 Å². The summed E-state index contributed by atoms with van der Waals surface area (Å²) in [7, 11) is 0. The quantitative estimate of drug-likeness (QED) is 0.563. The number of nitrogens with zero attached hydrogens (tertiary/aromatic N) is 2. The van der Waals surface area contributed by atoms with Crippen LogP contribution in [-0.4, -0.2) is 11.2 Å². The van der Waals surface area contributed by atoms with E-state index < -0.39 is 11.6 Å². The summed E-state index contributed by atoms with van der Waals surface area (Å²) in [4.78, 5) is 5.24. The number of thiazole rings is 1. The third kappa shape index (κ3) is 3.32. The van der Waals surface area contributed by atoms with E-state index in [0.29, 0.717) is 10.8 Å². The first kappa shape index (κ1) is 13.8. The van der Waals surface area contributed by atoms with Crippen molar-refractivity contribution < 1.29 is 8.78 Å². The molecule has 0 spiro atoms. The predicted octanol–water partition coefficient (Wildman–Crippen LogP) is 4.60. The molecule has 2 aromatic heterocycles. The maximum absolute atomic E-state index is 13.7.